The molecule has 1 N–H and O–H groups in total. The molecule has 7 nitrogen and oxygen atoms in total. The summed E-state index contributed by atoms with van der Waals surface area (Å²) >= 11 is 5.95. The molecule has 0 bridgehead atoms. The first kappa shape index (κ1) is 27.7. The molecule has 2 rings (SSSR count). The van der Waals surface area contributed by atoms with Crippen molar-refractivity contribution >= 4 is 39.1 Å². The highest BCUT2D eigenvalue weighted by molar-refractivity contribution is 7.92. The van der Waals surface area contributed by atoms with Crippen LogP contribution in [0.5, 0.6) is 0 Å². The topological polar surface area (TPSA) is 86.8 Å². The maximum Gasteiger partial charge on any atom is 0.244 e. The Hall–Kier alpha value is -2.58. The number of halogens is 1. The number of hydrogen-bond donors (Lipinski definition) is 1. The fourth-order valence-corrected chi connectivity index (χ4v) is 4.43. The van der Waals surface area contributed by atoms with Gasteiger partial charge in [-0.25, -0.2) is 8.42 Å². The number of sulfonamides is 1. The third-order valence-electron chi connectivity index (χ3n) is 5.34. The summed E-state index contributed by atoms with van der Waals surface area (Å²) in [4.78, 5) is 28.0. The maximum absolute atomic E-state index is 13.6. The molecule has 0 heterocycles. The molecule has 2 amide bonds. The lowest BCUT2D eigenvalue weighted by molar-refractivity contribution is -0.140. The highest BCUT2D eigenvalue weighted by atomic mass is 35.5. The number of amides is 2. The van der Waals surface area contributed by atoms with Gasteiger partial charge in [0.05, 0.1) is 11.9 Å². The fourth-order valence-electron chi connectivity index (χ4n) is 3.45. The molecule has 0 fully saturated rings. The van der Waals surface area contributed by atoms with Gasteiger partial charge in [-0.05, 0) is 49.1 Å². The maximum atomic E-state index is 13.6. The molecule has 0 aliphatic heterocycles. The number of nitrogens with one attached hydrogen (secondary N) is 1. The number of carbonyl (C=O) groups excluding carboxylic acids is 2. The molecular weight excluding hydrogens is 474 g/mol. The van der Waals surface area contributed by atoms with E-state index in [2.05, 4.69) is 5.32 Å². The van der Waals surface area contributed by atoms with Crippen molar-refractivity contribution < 1.29 is 18.0 Å². The lowest BCUT2D eigenvalue weighted by atomic mass is 10.1. The van der Waals surface area contributed by atoms with Gasteiger partial charge in [0.15, 0.2) is 0 Å². The first-order chi connectivity index (χ1) is 15.9. The third kappa shape index (κ3) is 8.02. The zero-order valence-corrected chi connectivity index (χ0v) is 22.0. The quantitative estimate of drug-likeness (QED) is 0.498. The zero-order valence-electron chi connectivity index (χ0n) is 20.4. The Morgan fingerprint density at radius 1 is 1.03 bits per heavy atom. The van der Waals surface area contributed by atoms with Gasteiger partial charge in [0, 0.05) is 18.1 Å². The lowest BCUT2D eigenvalue weighted by Crippen LogP contribution is -2.52. The summed E-state index contributed by atoms with van der Waals surface area (Å²) in [6.07, 6.45) is 1.44. The minimum absolute atomic E-state index is 0.185. The second-order valence-corrected chi connectivity index (χ2v) is 11.2. The van der Waals surface area contributed by atoms with Crippen LogP contribution in [-0.4, -0.2) is 50.5 Å². The Bertz CT molecular complexity index is 1070. The largest absolute Gasteiger partial charge is 0.354 e. The van der Waals surface area contributed by atoms with Crippen LogP contribution >= 0.6 is 11.6 Å². The lowest BCUT2D eigenvalue weighted by Gasteiger charge is -2.33. The molecule has 0 aliphatic carbocycles. The van der Waals surface area contributed by atoms with Gasteiger partial charge in [-0.2, -0.15) is 0 Å². The van der Waals surface area contributed by atoms with Gasteiger partial charge in [-0.3, -0.25) is 13.9 Å². The van der Waals surface area contributed by atoms with Crippen LogP contribution in [0.3, 0.4) is 0 Å². The first-order valence-corrected chi connectivity index (χ1v) is 13.5. The Kier molecular flexibility index (Phi) is 9.94. The number of hydrogen-bond acceptors (Lipinski definition) is 4. The average Bonchev–Trinajstić information content (AvgIpc) is 2.77. The summed E-state index contributed by atoms with van der Waals surface area (Å²) in [7, 11) is -3.77. The predicted octanol–water partition coefficient (Wildman–Crippen LogP) is 3.99. The monoisotopic (exact) mass is 507 g/mol. The van der Waals surface area contributed by atoms with E-state index >= 15 is 0 Å². The van der Waals surface area contributed by atoms with E-state index in [9.17, 15) is 18.0 Å². The van der Waals surface area contributed by atoms with Crippen LogP contribution in [0.4, 0.5) is 5.69 Å². The summed E-state index contributed by atoms with van der Waals surface area (Å²) in [6, 6.07) is 13.2. The minimum atomic E-state index is -3.77. The van der Waals surface area contributed by atoms with Crippen molar-refractivity contribution in [2.24, 2.45) is 5.92 Å². The van der Waals surface area contributed by atoms with Gasteiger partial charge in [-0.1, -0.05) is 62.2 Å². The van der Waals surface area contributed by atoms with Crippen molar-refractivity contribution in [2.75, 3.05) is 23.7 Å². The summed E-state index contributed by atoms with van der Waals surface area (Å²) in [6.45, 7) is 8.03. The van der Waals surface area contributed by atoms with E-state index in [1.165, 1.54) is 4.90 Å². The number of anilines is 1. The SMILES string of the molecule is CC[C@H](C(=O)NCC(C)C)N(Cc1ccc(C)cc1)C(=O)CN(c1ccc(Cl)cc1)S(C)(=O)=O. The van der Waals surface area contributed by atoms with Gasteiger partial charge in [0.1, 0.15) is 12.6 Å². The molecule has 0 radical (unpaired) electrons. The van der Waals surface area contributed by atoms with Crippen LogP contribution in [0.2, 0.25) is 5.02 Å². The normalized spacial score (nSPS) is 12.3. The van der Waals surface area contributed by atoms with Crippen molar-refractivity contribution in [3.8, 4) is 0 Å². The average molecular weight is 508 g/mol. The minimum Gasteiger partial charge on any atom is -0.354 e. The van der Waals surface area contributed by atoms with Crippen LogP contribution in [0, 0.1) is 12.8 Å². The van der Waals surface area contributed by atoms with Gasteiger partial charge < -0.3 is 10.2 Å². The number of rotatable bonds is 11. The van der Waals surface area contributed by atoms with E-state index in [-0.39, 0.29) is 18.4 Å². The fraction of sp³-hybridized carbons (Fsp3) is 0.440. The third-order valence-corrected chi connectivity index (χ3v) is 6.73. The van der Waals surface area contributed by atoms with Crippen molar-refractivity contribution in [3.63, 3.8) is 0 Å². The first-order valence-electron chi connectivity index (χ1n) is 11.3. The van der Waals surface area contributed by atoms with Crippen molar-refractivity contribution in [1.82, 2.24) is 10.2 Å². The molecule has 1 atom stereocenters. The van der Waals surface area contributed by atoms with Crippen molar-refractivity contribution in [1.29, 1.82) is 0 Å². The zero-order chi connectivity index (χ0) is 25.5. The Balaban J connectivity index is 2.39. The molecule has 34 heavy (non-hydrogen) atoms. The number of nitrogens with zero attached hydrogens (tertiary/aromatic N) is 2. The predicted molar refractivity (Wildman–Crippen MR) is 137 cm³/mol. The number of aryl methyl sites for hydroxylation is 1. The molecule has 186 valence electrons. The molecule has 0 saturated heterocycles. The molecule has 0 aliphatic rings. The van der Waals surface area contributed by atoms with E-state index in [0.717, 1.165) is 21.7 Å². The smallest absolute Gasteiger partial charge is 0.244 e. The highest BCUT2D eigenvalue weighted by Gasteiger charge is 2.31. The van der Waals surface area contributed by atoms with E-state index in [1.54, 1.807) is 24.3 Å². The standard InChI is InChI=1S/C25H34ClN3O4S/c1-6-23(25(31)27-15-18(2)3)28(16-20-9-7-19(4)8-10-20)24(30)17-29(34(5,32)33)22-13-11-21(26)12-14-22/h7-14,18,23H,6,15-17H2,1-5H3,(H,27,31)/t23-/m1/s1. The molecule has 0 unspecified atom stereocenters. The summed E-state index contributed by atoms with van der Waals surface area (Å²) in [5.41, 5.74) is 2.26. The van der Waals surface area contributed by atoms with Crippen molar-refractivity contribution in [2.45, 2.75) is 46.7 Å². The molecule has 2 aromatic rings. The van der Waals surface area contributed by atoms with E-state index in [1.807, 2.05) is 52.0 Å². The Morgan fingerprint density at radius 2 is 1.62 bits per heavy atom. The van der Waals surface area contributed by atoms with E-state index < -0.39 is 28.5 Å². The number of benzene rings is 2. The van der Waals surface area contributed by atoms with Crippen LogP contribution < -0.4 is 9.62 Å². The molecule has 0 spiro atoms. The van der Waals surface area contributed by atoms with Crippen LogP contribution in [-0.2, 0) is 26.2 Å². The summed E-state index contributed by atoms with van der Waals surface area (Å²) in [5.74, 6) is -0.463. The number of carbonyl (C=O) groups is 2. The van der Waals surface area contributed by atoms with Crippen molar-refractivity contribution in [3.05, 3.63) is 64.7 Å². The molecule has 0 aromatic heterocycles. The summed E-state index contributed by atoms with van der Waals surface area (Å²) in [5, 5.41) is 3.36. The highest BCUT2D eigenvalue weighted by Crippen LogP contribution is 2.22. The van der Waals surface area contributed by atoms with E-state index in [4.69, 9.17) is 11.6 Å². The van der Waals surface area contributed by atoms with Crippen LogP contribution in [0.15, 0.2) is 48.5 Å². The van der Waals surface area contributed by atoms with Gasteiger partial charge in [0.2, 0.25) is 21.8 Å². The molecule has 0 saturated carbocycles. The van der Waals surface area contributed by atoms with Gasteiger partial charge in [-0.15, -0.1) is 0 Å². The molecular formula is C25H34ClN3O4S. The van der Waals surface area contributed by atoms with Crippen LogP contribution in [0.25, 0.3) is 0 Å². The Labute approximate surface area is 208 Å². The summed E-state index contributed by atoms with van der Waals surface area (Å²) < 4.78 is 26.2. The second-order valence-electron chi connectivity index (χ2n) is 8.82. The van der Waals surface area contributed by atoms with Gasteiger partial charge in [0.25, 0.3) is 0 Å². The second kappa shape index (κ2) is 12.2. The Morgan fingerprint density at radius 3 is 2.12 bits per heavy atom. The van der Waals surface area contributed by atoms with E-state index in [0.29, 0.717) is 23.7 Å². The molecule has 2 aromatic carbocycles. The molecule has 9 heteroatoms. The van der Waals surface area contributed by atoms with Crippen LogP contribution in [0.1, 0.15) is 38.3 Å². The van der Waals surface area contributed by atoms with Gasteiger partial charge >= 0.3 is 0 Å².